The number of carbonyl (C=O) groups excluding carboxylic acids is 1. The Morgan fingerprint density at radius 2 is 1.80 bits per heavy atom. The van der Waals surface area contributed by atoms with Gasteiger partial charge in [-0.1, -0.05) is 0 Å². The number of aromatic nitrogens is 1. The fourth-order valence-corrected chi connectivity index (χ4v) is 2.02. The molecule has 1 aromatic rings. The smallest absolute Gasteiger partial charge is 0.399 e. The molecular formula is C14H21BN2O3. The molecule has 1 amide bonds. The van der Waals surface area contributed by atoms with Crippen LogP contribution in [0.3, 0.4) is 0 Å². The molecule has 0 aromatic carbocycles. The van der Waals surface area contributed by atoms with Gasteiger partial charge in [0.05, 0.1) is 16.8 Å². The fourth-order valence-electron chi connectivity index (χ4n) is 2.02. The molecule has 1 N–H and O–H groups in total. The highest BCUT2D eigenvalue weighted by molar-refractivity contribution is 6.62. The van der Waals surface area contributed by atoms with Crippen LogP contribution in [0.15, 0.2) is 12.3 Å². The van der Waals surface area contributed by atoms with E-state index in [2.05, 4.69) is 10.3 Å². The van der Waals surface area contributed by atoms with Gasteiger partial charge in [0, 0.05) is 24.4 Å². The van der Waals surface area contributed by atoms with Gasteiger partial charge in [0.25, 0.3) is 5.91 Å². The Balaban J connectivity index is 2.34. The Hall–Kier alpha value is -1.40. The van der Waals surface area contributed by atoms with Crippen LogP contribution in [0.1, 0.15) is 43.7 Å². The normalized spacial score (nSPS) is 20.0. The van der Waals surface area contributed by atoms with Crippen LogP contribution >= 0.6 is 0 Å². The molecule has 0 spiro atoms. The minimum Gasteiger partial charge on any atom is -0.399 e. The van der Waals surface area contributed by atoms with E-state index in [4.69, 9.17) is 9.31 Å². The summed E-state index contributed by atoms with van der Waals surface area (Å²) in [5.74, 6) is -0.159. The summed E-state index contributed by atoms with van der Waals surface area (Å²) in [6.45, 7) is 9.78. The summed E-state index contributed by atoms with van der Waals surface area (Å²) in [6.07, 6.45) is 1.70. The maximum Gasteiger partial charge on any atom is 0.496 e. The molecule has 0 bridgehead atoms. The zero-order valence-corrected chi connectivity index (χ0v) is 12.9. The molecule has 1 saturated heterocycles. The highest BCUT2D eigenvalue weighted by atomic mass is 16.7. The van der Waals surface area contributed by atoms with Gasteiger partial charge in [0.15, 0.2) is 0 Å². The van der Waals surface area contributed by atoms with Crippen molar-refractivity contribution in [2.24, 2.45) is 0 Å². The molecular weight excluding hydrogens is 255 g/mol. The van der Waals surface area contributed by atoms with Gasteiger partial charge in [-0.05, 0) is 40.7 Å². The van der Waals surface area contributed by atoms with Gasteiger partial charge in [0.1, 0.15) is 0 Å². The lowest BCUT2D eigenvalue weighted by molar-refractivity contribution is 0.00578. The minimum atomic E-state index is -0.503. The van der Waals surface area contributed by atoms with E-state index in [9.17, 15) is 4.79 Å². The third kappa shape index (κ3) is 2.45. The van der Waals surface area contributed by atoms with Crippen LogP contribution in [0, 0.1) is 6.92 Å². The zero-order valence-electron chi connectivity index (χ0n) is 12.9. The van der Waals surface area contributed by atoms with E-state index >= 15 is 0 Å². The second kappa shape index (κ2) is 4.86. The van der Waals surface area contributed by atoms with Crippen LogP contribution in [0.2, 0.25) is 0 Å². The maximum atomic E-state index is 11.8. The minimum absolute atomic E-state index is 0.159. The quantitative estimate of drug-likeness (QED) is 0.820. The van der Waals surface area contributed by atoms with Gasteiger partial charge in [-0.2, -0.15) is 0 Å². The van der Waals surface area contributed by atoms with Crippen LogP contribution in [0.4, 0.5) is 0 Å². The molecule has 1 aliphatic rings. The maximum absolute atomic E-state index is 11.8. The third-order valence-corrected chi connectivity index (χ3v) is 4.11. The van der Waals surface area contributed by atoms with Crippen LogP contribution in [-0.4, -0.2) is 36.3 Å². The van der Waals surface area contributed by atoms with E-state index in [1.165, 1.54) is 0 Å². The van der Waals surface area contributed by atoms with Gasteiger partial charge in [-0.15, -0.1) is 0 Å². The van der Waals surface area contributed by atoms with Gasteiger partial charge < -0.3 is 14.6 Å². The molecule has 5 nitrogen and oxygen atoms in total. The first-order valence-electron chi connectivity index (χ1n) is 6.72. The third-order valence-electron chi connectivity index (χ3n) is 4.11. The Bertz CT molecular complexity index is 527. The first-order valence-corrected chi connectivity index (χ1v) is 6.72. The Kier molecular flexibility index (Phi) is 3.65. The summed E-state index contributed by atoms with van der Waals surface area (Å²) in [4.78, 5) is 16.1. The molecule has 1 aliphatic heterocycles. The number of amides is 1. The number of nitrogens with one attached hydrogen (secondary N) is 1. The summed E-state index contributed by atoms with van der Waals surface area (Å²) < 4.78 is 11.9. The monoisotopic (exact) mass is 276 g/mol. The number of carbonyl (C=O) groups is 1. The molecule has 0 aliphatic carbocycles. The lowest BCUT2D eigenvalue weighted by Gasteiger charge is -2.32. The number of aryl methyl sites for hydroxylation is 1. The van der Waals surface area contributed by atoms with Crippen molar-refractivity contribution < 1.29 is 14.1 Å². The van der Waals surface area contributed by atoms with E-state index < -0.39 is 18.3 Å². The average Bonchev–Trinajstić information content (AvgIpc) is 2.58. The molecule has 0 saturated carbocycles. The lowest BCUT2D eigenvalue weighted by Crippen LogP contribution is -2.41. The Labute approximate surface area is 120 Å². The molecule has 6 heteroatoms. The number of rotatable bonds is 2. The number of hydrogen-bond acceptors (Lipinski definition) is 4. The summed E-state index contributed by atoms with van der Waals surface area (Å²) in [5, 5.41) is 2.61. The SMILES string of the molecule is CNC(=O)c1cc(B2OC(C)(C)C(C)(C)O2)cnc1C. The fraction of sp³-hybridized carbons (Fsp3) is 0.571. The van der Waals surface area contributed by atoms with Gasteiger partial charge in [-0.25, -0.2) is 0 Å². The molecule has 1 fully saturated rings. The summed E-state index contributed by atoms with van der Waals surface area (Å²) >= 11 is 0. The van der Waals surface area contributed by atoms with Crippen molar-refractivity contribution in [3.05, 3.63) is 23.5 Å². The largest absolute Gasteiger partial charge is 0.496 e. The summed E-state index contributed by atoms with van der Waals surface area (Å²) in [6, 6.07) is 1.78. The van der Waals surface area contributed by atoms with E-state index in [1.54, 1.807) is 26.2 Å². The zero-order chi connectivity index (χ0) is 15.1. The molecule has 108 valence electrons. The highest BCUT2D eigenvalue weighted by Crippen LogP contribution is 2.36. The first-order chi connectivity index (χ1) is 9.18. The predicted octanol–water partition coefficient (Wildman–Crippen LogP) is 1.05. The molecule has 2 rings (SSSR count). The first kappa shape index (κ1) is 15.0. The highest BCUT2D eigenvalue weighted by Gasteiger charge is 2.51. The van der Waals surface area contributed by atoms with E-state index in [0.717, 1.165) is 5.46 Å². The average molecular weight is 276 g/mol. The van der Waals surface area contributed by atoms with Crippen LogP contribution in [0.25, 0.3) is 0 Å². The number of nitrogens with zero attached hydrogens (tertiary/aromatic N) is 1. The van der Waals surface area contributed by atoms with E-state index in [0.29, 0.717) is 11.3 Å². The van der Waals surface area contributed by atoms with Crippen molar-refractivity contribution in [2.75, 3.05) is 7.05 Å². The van der Waals surface area contributed by atoms with Crippen LogP contribution < -0.4 is 10.8 Å². The van der Waals surface area contributed by atoms with Gasteiger partial charge in [-0.3, -0.25) is 9.78 Å². The van der Waals surface area contributed by atoms with Gasteiger partial charge >= 0.3 is 7.12 Å². The molecule has 2 heterocycles. The van der Waals surface area contributed by atoms with E-state index in [1.807, 2.05) is 27.7 Å². The van der Waals surface area contributed by atoms with Crippen molar-refractivity contribution in [2.45, 2.75) is 45.8 Å². The number of hydrogen-bond donors (Lipinski definition) is 1. The van der Waals surface area contributed by atoms with Crippen molar-refractivity contribution in [1.29, 1.82) is 0 Å². The van der Waals surface area contributed by atoms with Gasteiger partial charge in [0.2, 0.25) is 0 Å². The Morgan fingerprint density at radius 1 is 1.25 bits per heavy atom. The molecule has 0 unspecified atom stereocenters. The lowest BCUT2D eigenvalue weighted by atomic mass is 9.79. The summed E-state index contributed by atoms with van der Waals surface area (Å²) in [7, 11) is 1.10. The second-order valence-electron chi connectivity index (χ2n) is 6.07. The second-order valence-corrected chi connectivity index (χ2v) is 6.07. The number of pyridine rings is 1. The predicted molar refractivity (Wildman–Crippen MR) is 78.1 cm³/mol. The van der Waals surface area contributed by atoms with Crippen LogP contribution in [0.5, 0.6) is 0 Å². The van der Waals surface area contributed by atoms with E-state index in [-0.39, 0.29) is 5.91 Å². The molecule has 0 atom stereocenters. The standard InChI is InChI=1S/C14H21BN2O3/c1-9-11(12(18)16-6)7-10(8-17-9)15-19-13(2,3)14(4,5)20-15/h7-8H,1-6H3,(H,16,18). The molecule has 0 radical (unpaired) electrons. The van der Waals surface area contributed by atoms with Crippen molar-refractivity contribution in [3.63, 3.8) is 0 Å². The molecule has 20 heavy (non-hydrogen) atoms. The Morgan fingerprint density at radius 3 is 2.30 bits per heavy atom. The van der Waals surface area contributed by atoms with Crippen LogP contribution in [-0.2, 0) is 9.31 Å². The van der Waals surface area contributed by atoms with Crippen molar-refractivity contribution >= 4 is 18.5 Å². The summed E-state index contributed by atoms with van der Waals surface area (Å²) in [5.41, 5.74) is 1.17. The molecule has 1 aromatic heterocycles. The van der Waals surface area contributed by atoms with Crippen molar-refractivity contribution in [1.82, 2.24) is 10.3 Å². The van der Waals surface area contributed by atoms with Crippen molar-refractivity contribution in [3.8, 4) is 0 Å². The topological polar surface area (TPSA) is 60.5 Å².